The van der Waals surface area contributed by atoms with E-state index in [1.807, 2.05) is 60.7 Å². The number of carbonyl (C=O) groups is 1. The van der Waals surface area contributed by atoms with E-state index >= 15 is 0 Å². The van der Waals surface area contributed by atoms with Crippen LogP contribution < -0.4 is 4.90 Å². The van der Waals surface area contributed by atoms with Crippen molar-refractivity contribution in [3.63, 3.8) is 0 Å². The first-order valence-electron chi connectivity index (χ1n) is 6.23. The van der Waals surface area contributed by atoms with Crippen molar-refractivity contribution in [1.29, 1.82) is 0 Å². The monoisotopic (exact) mass is 273 g/mol. The van der Waals surface area contributed by atoms with E-state index in [0.29, 0.717) is 6.54 Å². The highest BCUT2D eigenvalue weighted by Gasteiger charge is 2.20. The summed E-state index contributed by atoms with van der Waals surface area (Å²) < 4.78 is 0. The smallest absolute Gasteiger partial charge is 0.245 e. The van der Waals surface area contributed by atoms with Crippen LogP contribution in [0.25, 0.3) is 0 Å². The highest BCUT2D eigenvalue weighted by molar-refractivity contribution is 6.32. The molecule has 2 rings (SSSR count). The lowest BCUT2D eigenvalue weighted by Gasteiger charge is -2.24. The maximum absolute atomic E-state index is 12.2. The predicted molar refractivity (Wildman–Crippen MR) is 79.4 cm³/mol. The van der Waals surface area contributed by atoms with E-state index < -0.39 is 5.38 Å². The molecule has 98 valence electrons. The van der Waals surface area contributed by atoms with Gasteiger partial charge < -0.3 is 4.90 Å². The molecule has 0 aliphatic heterocycles. The molecule has 2 aromatic carbocycles. The minimum Gasteiger partial charge on any atom is -0.307 e. The van der Waals surface area contributed by atoms with Crippen molar-refractivity contribution in [2.45, 2.75) is 18.8 Å². The lowest BCUT2D eigenvalue weighted by Crippen LogP contribution is -2.35. The third kappa shape index (κ3) is 3.58. The number of alkyl halides is 1. The number of benzene rings is 2. The zero-order valence-corrected chi connectivity index (χ0v) is 11.5. The normalized spacial score (nSPS) is 11.9. The summed E-state index contributed by atoms with van der Waals surface area (Å²) in [4.78, 5) is 14.0. The molecule has 0 radical (unpaired) electrons. The Kier molecular flexibility index (Phi) is 4.58. The van der Waals surface area contributed by atoms with Gasteiger partial charge >= 0.3 is 0 Å². The van der Waals surface area contributed by atoms with Gasteiger partial charge in [0.2, 0.25) is 5.91 Å². The first-order valence-corrected chi connectivity index (χ1v) is 6.66. The second-order valence-electron chi connectivity index (χ2n) is 4.36. The molecule has 0 heterocycles. The Morgan fingerprint density at radius 2 is 1.58 bits per heavy atom. The molecule has 0 N–H and O–H groups in total. The van der Waals surface area contributed by atoms with E-state index in [9.17, 15) is 4.79 Å². The number of carbonyl (C=O) groups excluding carboxylic acids is 1. The molecular formula is C16H16ClNO. The van der Waals surface area contributed by atoms with Gasteiger partial charge in [0.1, 0.15) is 5.38 Å². The van der Waals surface area contributed by atoms with Gasteiger partial charge in [-0.25, -0.2) is 0 Å². The van der Waals surface area contributed by atoms with E-state index in [4.69, 9.17) is 11.6 Å². The summed E-state index contributed by atoms with van der Waals surface area (Å²) in [7, 11) is 0. The zero-order chi connectivity index (χ0) is 13.7. The quantitative estimate of drug-likeness (QED) is 0.775. The average Bonchev–Trinajstić information content (AvgIpc) is 2.46. The predicted octanol–water partition coefficient (Wildman–Crippen LogP) is 3.85. The number of rotatable bonds is 4. The Morgan fingerprint density at radius 3 is 2.11 bits per heavy atom. The van der Waals surface area contributed by atoms with Crippen LogP contribution in [0.1, 0.15) is 12.5 Å². The van der Waals surface area contributed by atoms with E-state index in [1.165, 1.54) is 0 Å². The summed E-state index contributed by atoms with van der Waals surface area (Å²) in [6.45, 7) is 2.23. The fourth-order valence-corrected chi connectivity index (χ4v) is 2.00. The van der Waals surface area contributed by atoms with Crippen LogP contribution in [0.2, 0.25) is 0 Å². The first-order chi connectivity index (χ1) is 9.18. The fourth-order valence-electron chi connectivity index (χ4n) is 1.89. The number of para-hydroxylation sites is 1. The molecule has 1 atom stereocenters. The summed E-state index contributed by atoms with van der Waals surface area (Å²) in [5.41, 5.74) is 1.95. The van der Waals surface area contributed by atoms with E-state index in [1.54, 1.807) is 11.8 Å². The lowest BCUT2D eigenvalue weighted by molar-refractivity contribution is -0.118. The van der Waals surface area contributed by atoms with E-state index in [0.717, 1.165) is 11.3 Å². The van der Waals surface area contributed by atoms with Crippen molar-refractivity contribution in [1.82, 2.24) is 0 Å². The minimum absolute atomic E-state index is 0.0864. The Labute approximate surface area is 118 Å². The molecule has 3 heteroatoms. The van der Waals surface area contributed by atoms with Crippen LogP contribution in [0.15, 0.2) is 60.7 Å². The number of nitrogens with zero attached hydrogens (tertiary/aromatic N) is 1. The van der Waals surface area contributed by atoms with E-state index in [2.05, 4.69) is 0 Å². The maximum atomic E-state index is 12.2. The van der Waals surface area contributed by atoms with E-state index in [-0.39, 0.29) is 5.91 Å². The molecule has 0 spiro atoms. The Hall–Kier alpha value is -1.80. The summed E-state index contributed by atoms with van der Waals surface area (Å²) >= 11 is 5.95. The van der Waals surface area contributed by atoms with Gasteiger partial charge in [-0.05, 0) is 24.6 Å². The molecule has 0 bridgehead atoms. The second kappa shape index (κ2) is 6.39. The summed E-state index contributed by atoms with van der Waals surface area (Å²) in [6, 6.07) is 19.5. The van der Waals surface area contributed by atoms with Crippen LogP contribution >= 0.6 is 11.6 Å². The number of hydrogen-bond donors (Lipinski definition) is 0. The summed E-state index contributed by atoms with van der Waals surface area (Å²) in [5.74, 6) is -0.0864. The van der Waals surface area contributed by atoms with Crippen LogP contribution in [-0.4, -0.2) is 11.3 Å². The summed E-state index contributed by atoms with van der Waals surface area (Å²) in [5, 5.41) is -0.538. The summed E-state index contributed by atoms with van der Waals surface area (Å²) in [6.07, 6.45) is 0. The lowest BCUT2D eigenvalue weighted by atomic mass is 10.2. The zero-order valence-electron chi connectivity index (χ0n) is 10.8. The molecule has 19 heavy (non-hydrogen) atoms. The highest BCUT2D eigenvalue weighted by Crippen LogP contribution is 2.19. The largest absolute Gasteiger partial charge is 0.307 e. The second-order valence-corrected chi connectivity index (χ2v) is 5.02. The molecule has 0 aromatic heterocycles. The van der Waals surface area contributed by atoms with Gasteiger partial charge in [0.25, 0.3) is 0 Å². The van der Waals surface area contributed by atoms with Crippen molar-refractivity contribution in [2.75, 3.05) is 4.90 Å². The third-order valence-electron chi connectivity index (χ3n) is 2.86. The van der Waals surface area contributed by atoms with Gasteiger partial charge in [0.05, 0.1) is 6.54 Å². The van der Waals surface area contributed by atoms with Gasteiger partial charge in [-0.1, -0.05) is 48.5 Å². The number of amides is 1. The molecule has 0 unspecified atom stereocenters. The maximum Gasteiger partial charge on any atom is 0.245 e. The number of hydrogen-bond acceptors (Lipinski definition) is 1. The molecule has 0 aliphatic rings. The molecule has 1 amide bonds. The highest BCUT2D eigenvalue weighted by atomic mass is 35.5. The molecule has 2 nitrogen and oxygen atoms in total. The van der Waals surface area contributed by atoms with Crippen molar-refractivity contribution in [3.05, 3.63) is 66.2 Å². The molecule has 0 fully saturated rings. The fraction of sp³-hybridized carbons (Fsp3) is 0.188. The Balaban J connectivity index is 2.28. The first kappa shape index (κ1) is 13.6. The van der Waals surface area contributed by atoms with Gasteiger partial charge in [-0.3, -0.25) is 4.79 Å². The van der Waals surface area contributed by atoms with Gasteiger partial charge in [0, 0.05) is 5.69 Å². The molecule has 0 saturated heterocycles. The molecule has 0 saturated carbocycles. The van der Waals surface area contributed by atoms with Crippen LogP contribution in [0, 0.1) is 0 Å². The standard InChI is InChI=1S/C16H16ClNO/c1-13(17)16(19)18(15-10-6-3-7-11-15)12-14-8-4-2-5-9-14/h2-11,13H,12H2,1H3/t13-/m1/s1. The average molecular weight is 274 g/mol. The van der Waals surface area contributed by atoms with Crippen molar-refractivity contribution >= 4 is 23.2 Å². The van der Waals surface area contributed by atoms with Crippen molar-refractivity contribution in [2.24, 2.45) is 0 Å². The minimum atomic E-state index is -0.538. The topological polar surface area (TPSA) is 20.3 Å². The van der Waals surface area contributed by atoms with Crippen molar-refractivity contribution < 1.29 is 4.79 Å². The van der Waals surface area contributed by atoms with Gasteiger partial charge in [-0.15, -0.1) is 11.6 Å². The third-order valence-corrected chi connectivity index (χ3v) is 3.04. The SMILES string of the molecule is C[C@@H](Cl)C(=O)N(Cc1ccccc1)c1ccccc1. The Bertz CT molecular complexity index is 525. The van der Waals surface area contributed by atoms with Gasteiger partial charge in [-0.2, -0.15) is 0 Å². The van der Waals surface area contributed by atoms with Crippen LogP contribution in [0.4, 0.5) is 5.69 Å². The van der Waals surface area contributed by atoms with Crippen LogP contribution in [-0.2, 0) is 11.3 Å². The van der Waals surface area contributed by atoms with Crippen molar-refractivity contribution in [3.8, 4) is 0 Å². The van der Waals surface area contributed by atoms with Crippen LogP contribution in [0.5, 0.6) is 0 Å². The molecular weight excluding hydrogens is 258 g/mol. The number of halogens is 1. The number of anilines is 1. The van der Waals surface area contributed by atoms with Gasteiger partial charge in [0.15, 0.2) is 0 Å². The van der Waals surface area contributed by atoms with Crippen LogP contribution in [0.3, 0.4) is 0 Å². The Morgan fingerprint density at radius 1 is 1.05 bits per heavy atom. The molecule has 2 aromatic rings. The molecule has 0 aliphatic carbocycles.